The fraction of sp³-hybridized carbons (Fsp3) is 0.150. The van der Waals surface area contributed by atoms with Gasteiger partial charge in [0.1, 0.15) is 11.6 Å². The molecule has 1 N–H and O–H groups in total. The van der Waals surface area contributed by atoms with E-state index in [9.17, 15) is 9.18 Å². The highest BCUT2D eigenvalue weighted by molar-refractivity contribution is 6.30. The van der Waals surface area contributed by atoms with E-state index in [1.54, 1.807) is 36.6 Å². The number of carbonyl (C=O) groups is 1. The van der Waals surface area contributed by atoms with Crippen LogP contribution in [0.4, 0.5) is 4.39 Å². The number of benzene rings is 2. The predicted molar refractivity (Wildman–Crippen MR) is 94.9 cm³/mol. The molecule has 1 unspecified atom stereocenters. The van der Waals surface area contributed by atoms with Gasteiger partial charge in [-0.1, -0.05) is 35.9 Å². The molecule has 3 rings (SSSR count). The van der Waals surface area contributed by atoms with Gasteiger partial charge in [0.05, 0.1) is 12.2 Å². The van der Waals surface area contributed by atoms with Gasteiger partial charge in [-0.25, -0.2) is 4.39 Å². The molecule has 1 amide bonds. The summed E-state index contributed by atoms with van der Waals surface area (Å²) in [6.45, 7) is 0.335. The van der Waals surface area contributed by atoms with Crippen LogP contribution in [0.5, 0.6) is 0 Å². The Kier molecular flexibility index (Phi) is 5.51. The Morgan fingerprint density at radius 2 is 1.80 bits per heavy atom. The molecule has 0 saturated carbocycles. The van der Waals surface area contributed by atoms with Crippen molar-refractivity contribution in [1.29, 1.82) is 0 Å². The molecule has 0 aliphatic rings. The summed E-state index contributed by atoms with van der Waals surface area (Å²) >= 11 is 5.94. The topological polar surface area (TPSA) is 42.2 Å². The lowest BCUT2D eigenvalue weighted by Gasteiger charge is -2.16. The van der Waals surface area contributed by atoms with Crippen LogP contribution in [-0.2, 0) is 17.8 Å². The van der Waals surface area contributed by atoms with Crippen LogP contribution in [0, 0.1) is 5.82 Å². The van der Waals surface area contributed by atoms with E-state index in [0.717, 1.165) is 16.9 Å². The van der Waals surface area contributed by atoms with Gasteiger partial charge in [0, 0.05) is 18.0 Å². The minimum Gasteiger partial charge on any atom is -0.469 e. The van der Waals surface area contributed by atoms with Crippen molar-refractivity contribution < 1.29 is 13.6 Å². The second-order valence-electron chi connectivity index (χ2n) is 5.73. The second-order valence-corrected chi connectivity index (χ2v) is 6.17. The Bertz CT molecular complexity index is 814. The number of halogens is 2. The van der Waals surface area contributed by atoms with Crippen molar-refractivity contribution in [1.82, 2.24) is 5.32 Å². The normalized spacial score (nSPS) is 11.9. The zero-order valence-electron chi connectivity index (χ0n) is 13.4. The monoisotopic (exact) mass is 357 g/mol. The summed E-state index contributed by atoms with van der Waals surface area (Å²) in [5.74, 6) is -0.0873. The minimum absolute atomic E-state index is 0.122. The molecular formula is C20H17ClFNO2. The third-order valence-electron chi connectivity index (χ3n) is 3.95. The molecule has 0 saturated heterocycles. The van der Waals surface area contributed by atoms with E-state index in [0.29, 0.717) is 18.0 Å². The molecule has 3 aromatic rings. The summed E-state index contributed by atoms with van der Waals surface area (Å²) in [5.41, 5.74) is 1.69. The standard InChI is InChI=1S/C20H17ClFNO2/c21-16-7-5-15(6-8-16)19(12-18-2-1-11-25-18)20(24)23-13-14-3-9-17(22)10-4-14/h1-11,19H,12-13H2,(H,23,24). The molecule has 3 nitrogen and oxygen atoms in total. The zero-order chi connectivity index (χ0) is 17.6. The van der Waals surface area contributed by atoms with Gasteiger partial charge in [-0.3, -0.25) is 4.79 Å². The van der Waals surface area contributed by atoms with Crippen molar-refractivity contribution in [2.45, 2.75) is 18.9 Å². The molecule has 1 aromatic heterocycles. The van der Waals surface area contributed by atoms with Gasteiger partial charge in [-0.05, 0) is 47.5 Å². The van der Waals surface area contributed by atoms with Crippen molar-refractivity contribution in [2.24, 2.45) is 0 Å². The van der Waals surface area contributed by atoms with E-state index in [2.05, 4.69) is 5.32 Å². The molecule has 0 radical (unpaired) electrons. The van der Waals surface area contributed by atoms with Crippen LogP contribution in [0.15, 0.2) is 71.3 Å². The number of hydrogen-bond donors (Lipinski definition) is 1. The average molecular weight is 358 g/mol. The molecule has 0 fully saturated rings. The zero-order valence-corrected chi connectivity index (χ0v) is 14.2. The van der Waals surface area contributed by atoms with Gasteiger partial charge in [0.25, 0.3) is 0 Å². The number of nitrogens with one attached hydrogen (secondary N) is 1. The second kappa shape index (κ2) is 7.99. The number of hydrogen-bond acceptors (Lipinski definition) is 2. The van der Waals surface area contributed by atoms with Crippen LogP contribution in [0.25, 0.3) is 0 Å². The molecule has 5 heteroatoms. The molecule has 1 atom stereocenters. The van der Waals surface area contributed by atoms with E-state index in [-0.39, 0.29) is 11.7 Å². The smallest absolute Gasteiger partial charge is 0.228 e. The molecule has 1 heterocycles. The number of rotatable bonds is 6. The fourth-order valence-electron chi connectivity index (χ4n) is 2.60. The Balaban J connectivity index is 1.74. The number of furan rings is 1. The van der Waals surface area contributed by atoms with E-state index < -0.39 is 5.92 Å². The molecule has 0 bridgehead atoms. The van der Waals surface area contributed by atoms with Crippen molar-refractivity contribution in [3.8, 4) is 0 Å². The van der Waals surface area contributed by atoms with Crippen LogP contribution in [0.3, 0.4) is 0 Å². The highest BCUT2D eigenvalue weighted by Crippen LogP contribution is 2.23. The molecule has 128 valence electrons. The van der Waals surface area contributed by atoms with Gasteiger partial charge in [0.15, 0.2) is 0 Å². The van der Waals surface area contributed by atoms with E-state index in [1.165, 1.54) is 12.1 Å². The van der Waals surface area contributed by atoms with Gasteiger partial charge >= 0.3 is 0 Å². The highest BCUT2D eigenvalue weighted by Gasteiger charge is 2.22. The maximum Gasteiger partial charge on any atom is 0.228 e. The van der Waals surface area contributed by atoms with Crippen molar-refractivity contribution in [2.75, 3.05) is 0 Å². The first-order chi connectivity index (χ1) is 12.1. The lowest BCUT2D eigenvalue weighted by atomic mass is 9.93. The first-order valence-electron chi connectivity index (χ1n) is 7.92. The Morgan fingerprint density at radius 1 is 1.08 bits per heavy atom. The molecule has 25 heavy (non-hydrogen) atoms. The maximum atomic E-state index is 13.0. The highest BCUT2D eigenvalue weighted by atomic mass is 35.5. The Hall–Kier alpha value is -2.59. The van der Waals surface area contributed by atoms with Crippen molar-refractivity contribution >= 4 is 17.5 Å². The van der Waals surface area contributed by atoms with Gasteiger partial charge in [-0.2, -0.15) is 0 Å². The van der Waals surface area contributed by atoms with E-state index in [1.807, 2.05) is 18.2 Å². The lowest BCUT2D eigenvalue weighted by Crippen LogP contribution is -2.30. The third-order valence-corrected chi connectivity index (χ3v) is 4.21. The molecule has 0 aliphatic heterocycles. The average Bonchev–Trinajstić information content (AvgIpc) is 3.13. The maximum absolute atomic E-state index is 13.0. The lowest BCUT2D eigenvalue weighted by molar-refractivity contribution is -0.122. The van der Waals surface area contributed by atoms with Crippen LogP contribution < -0.4 is 5.32 Å². The summed E-state index contributed by atoms with van der Waals surface area (Å²) in [6, 6.07) is 16.9. The van der Waals surface area contributed by atoms with E-state index in [4.69, 9.17) is 16.0 Å². The van der Waals surface area contributed by atoms with Crippen molar-refractivity contribution in [3.63, 3.8) is 0 Å². The fourth-order valence-corrected chi connectivity index (χ4v) is 2.73. The third kappa shape index (κ3) is 4.70. The molecule has 0 spiro atoms. The van der Waals surface area contributed by atoms with Crippen LogP contribution in [0.1, 0.15) is 22.8 Å². The van der Waals surface area contributed by atoms with Gasteiger partial charge < -0.3 is 9.73 Å². The molecular weight excluding hydrogens is 341 g/mol. The predicted octanol–water partition coefficient (Wildman–Crippen LogP) is 4.71. The summed E-state index contributed by atoms with van der Waals surface area (Å²) in [7, 11) is 0. The van der Waals surface area contributed by atoms with Crippen molar-refractivity contribution in [3.05, 3.63) is 94.7 Å². The van der Waals surface area contributed by atoms with Crippen LogP contribution >= 0.6 is 11.6 Å². The Morgan fingerprint density at radius 3 is 2.44 bits per heavy atom. The SMILES string of the molecule is O=C(NCc1ccc(F)cc1)C(Cc1ccco1)c1ccc(Cl)cc1. The van der Waals surface area contributed by atoms with E-state index >= 15 is 0 Å². The minimum atomic E-state index is -0.399. The summed E-state index contributed by atoms with van der Waals surface area (Å²) in [4.78, 5) is 12.7. The van der Waals surface area contributed by atoms with Crippen LogP contribution in [-0.4, -0.2) is 5.91 Å². The first kappa shape index (κ1) is 17.2. The molecule has 2 aromatic carbocycles. The largest absolute Gasteiger partial charge is 0.469 e. The quantitative estimate of drug-likeness (QED) is 0.694. The summed E-state index contributed by atoms with van der Waals surface area (Å²) in [5, 5.41) is 3.53. The Labute approximate surface area is 150 Å². The molecule has 0 aliphatic carbocycles. The van der Waals surface area contributed by atoms with Crippen LogP contribution in [0.2, 0.25) is 5.02 Å². The summed E-state index contributed by atoms with van der Waals surface area (Å²) in [6.07, 6.45) is 2.04. The summed E-state index contributed by atoms with van der Waals surface area (Å²) < 4.78 is 18.4. The van der Waals surface area contributed by atoms with Gasteiger partial charge in [0.2, 0.25) is 5.91 Å². The first-order valence-corrected chi connectivity index (χ1v) is 8.29. The number of carbonyl (C=O) groups excluding carboxylic acids is 1. The van der Waals surface area contributed by atoms with Gasteiger partial charge in [-0.15, -0.1) is 0 Å². The number of amides is 1.